The standard InChI is InChI=1S/C13H24N2O3/c1-4-10-5-7-11(8-6-10)15(3)13(18)14-9(2)12(16)17/h9-11H,4-8H2,1-3H3,(H,14,18)(H,16,17)/t9-,10?,11?/m0/s1. The Balaban J connectivity index is 2.42. The fraction of sp³-hybridized carbons (Fsp3) is 0.846. The first-order valence-electron chi connectivity index (χ1n) is 6.71. The highest BCUT2D eigenvalue weighted by Gasteiger charge is 2.27. The molecule has 1 saturated carbocycles. The van der Waals surface area contributed by atoms with Gasteiger partial charge < -0.3 is 15.3 Å². The fourth-order valence-corrected chi connectivity index (χ4v) is 2.45. The maximum Gasteiger partial charge on any atom is 0.325 e. The van der Waals surface area contributed by atoms with Crippen LogP contribution in [-0.4, -0.2) is 41.1 Å². The summed E-state index contributed by atoms with van der Waals surface area (Å²) in [5, 5.41) is 11.2. The van der Waals surface area contributed by atoms with Crippen LogP contribution in [0.25, 0.3) is 0 Å². The fourth-order valence-electron chi connectivity index (χ4n) is 2.45. The predicted molar refractivity (Wildman–Crippen MR) is 69.4 cm³/mol. The topological polar surface area (TPSA) is 69.6 Å². The lowest BCUT2D eigenvalue weighted by atomic mass is 9.84. The van der Waals surface area contributed by atoms with E-state index in [4.69, 9.17) is 5.11 Å². The summed E-state index contributed by atoms with van der Waals surface area (Å²) in [6.07, 6.45) is 5.56. The Kier molecular flexibility index (Phi) is 5.44. The van der Waals surface area contributed by atoms with Gasteiger partial charge in [-0.05, 0) is 38.5 Å². The summed E-state index contributed by atoms with van der Waals surface area (Å²) in [4.78, 5) is 24.2. The highest BCUT2D eigenvalue weighted by molar-refractivity contribution is 5.82. The molecule has 5 nitrogen and oxygen atoms in total. The van der Waals surface area contributed by atoms with Gasteiger partial charge in [0.15, 0.2) is 0 Å². The van der Waals surface area contributed by atoms with Crippen molar-refractivity contribution in [2.75, 3.05) is 7.05 Å². The van der Waals surface area contributed by atoms with Crippen molar-refractivity contribution < 1.29 is 14.7 Å². The van der Waals surface area contributed by atoms with E-state index >= 15 is 0 Å². The second-order valence-electron chi connectivity index (χ2n) is 5.20. The number of carbonyl (C=O) groups excluding carboxylic acids is 1. The van der Waals surface area contributed by atoms with Crippen LogP contribution in [0.15, 0.2) is 0 Å². The second kappa shape index (κ2) is 6.61. The summed E-state index contributed by atoms with van der Waals surface area (Å²) in [5.41, 5.74) is 0. The number of nitrogens with one attached hydrogen (secondary N) is 1. The van der Waals surface area contributed by atoms with Crippen LogP contribution in [-0.2, 0) is 4.79 Å². The SMILES string of the molecule is CCC1CCC(N(C)C(=O)N[C@@H](C)C(=O)O)CC1. The molecule has 0 spiro atoms. The molecule has 104 valence electrons. The largest absolute Gasteiger partial charge is 0.480 e. The highest BCUT2D eigenvalue weighted by atomic mass is 16.4. The van der Waals surface area contributed by atoms with Crippen LogP contribution in [0, 0.1) is 5.92 Å². The minimum atomic E-state index is -1.01. The summed E-state index contributed by atoms with van der Waals surface area (Å²) in [6.45, 7) is 3.68. The number of hydrogen-bond acceptors (Lipinski definition) is 2. The smallest absolute Gasteiger partial charge is 0.325 e. The zero-order valence-electron chi connectivity index (χ0n) is 11.5. The minimum Gasteiger partial charge on any atom is -0.480 e. The number of aliphatic carboxylic acids is 1. The third-order valence-electron chi connectivity index (χ3n) is 3.97. The number of nitrogens with zero attached hydrogens (tertiary/aromatic N) is 1. The van der Waals surface area contributed by atoms with Crippen LogP contribution in [0.1, 0.15) is 46.0 Å². The molecule has 2 N–H and O–H groups in total. The molecular weight excluding hydrogens is 232 g/mol. The quantitative estimate of drug-likeness (QED) is 0.809. The molecule has 5 heteroatoms. The zero-order valence-corrected chi connectivity index (χ0v) is 11.5. The van der Waals surface area contributed by atoms with Gasteiger partial charge in [-0.1, -0.05) is 13.3 Å². The van der Waals surface area contributed by atoms with Crippen molar-refractivity contribution in [3.05, 3.63) is 0 Å². The summed E-state index contributed by atoms with van der Waals surface area (Å²) >= 11 is 0. The van der Waals surface area contributed by atoms with Crippen LogP contribution in [0.4, 0.5) is 4.79 Å². The zero-order chi connectivity index (χ0) is 13.7. The summed E-state index contributed by atoms with van der Waals surface area (Å²) < 4.78 is 0. The summed E-state index contributed by atoms with van der Waals surface area (Å²) in [6, 6.07) is -0.884. The van der Waals surface area contributed by atoms with Crippen molar-refractivity contribution in [1.82, 2.24) is 10.2 Å². The maximum atomic E-state index is 11.9. The number of carboxylic acid groups (broad SMARTS) is 1. The van der Waals surface area contributed by atoms with Gasteiger partial charge in [0.2, 0.25) is 0 Å². The Morgan fingerprint density at radius 1 is 1.33 bits per heavy atom. The molecule has 0 aromatic heterocycles. The van der Waals surface area contributed by atoms with Crippen molar-refractivity contribution in [1.29, 1.82) is 0 Å². The molecule has 1 rings (SSSR count). The van der Waals surface area contributed by atoms with Crippen molar-refractivity contribution in [2.24, 2.45) is 5.92 Å². The lowest BCUT2D eigenvalue weighted by Gasteiger charge is -2.34. The molecule has 0 heterocycles. The molecule has 1 aliphatic carbocycles. The van der Waals surface area contributed by atoms with E-state index in [9.17, 15) is 9.59 Å². The van der Waals surface area contributed by atoms with Crippen LogP contribution >= 0.6 is 0 Å². The molecule has 18 heavy (non-hydrogen) atoms. The van der Waals surface area contributed by atoms with Gasteiger partial charge in [-0.2, -0.15) is 0 Å². The molecule has 0 bridgehead atoms. The van der Waals surface area contributed by atoms with E-state index < -0.39 is 12.0 Å². The number of hydrogen-bond donors (Lipinski definition) is 2. The van der Waals surface area contributed by atoms with Crippen LogP contribution < -0.4 is 5.32 Å². The Labute approximate surface area is 109 Å². The molecule has 0 unspecified atom stereocenters. The van der Waals surface area contributed by atoms with Gasteiger partial charge in [0.25, 0.3) is 0 Å². The van der Waals surface area contributed by atoms with E-state index in [0.717, 1.165) is 31.6 Å². The van der Waals surface area contributed by atoms with Gasteiger partial charge in [-0.15, -0.1) is 0 Å². The van der Waals surface area contributed by atoms with E-state index in [-0.39, 0.29) is 12.1 Å². The third kappa shape index (κ3) is 3.89. The first-order valence-corrected chi connectivity index (χ1v) is 6.71. The molecule has 0 saturated heterocycles. The van der Waals surface area contributed by atoms with E-state index in [0.29, 0.717) is 0 Å². The van der Waals surface area contributed by atoms with Crippen molar-refractivity contribution >= 4 is 12.0 Å². The Morgan fingerprint density at radius 2 is 1.89 bits per heavy atom. The van der Waals surface area contributed by atoms with Gasteiger partial charge in [0, 0.05) is 13.1 Å². The molecule has 1 fully saturated rings. The van der Waals surface area contributed by atoms with Crippen LogP contribution in [0.2, 0.25) is 0 Å². The normalized spacial score (nSPS) is 25.3. The van der Waals surface area contributed by atoms with Crippen molar-refractivity contribution in [3.8, 4) is 0 Å². The molecule has 2 amide bonds. The lowest BCUT2D eigenvalue weighted by molar-refractivity contribution is -0.138. The van der Waals surface area contributed by atoms with Crippen LogP contribution in [0.3, 0.4) is 0 Å². The molecule has 1 atom stereocenters. The number of rotatable bonds is 4. The molecule has 0 aromatic rings. The van der Waals surface area contributed by atoms with E-state index in [1.165, 1.54) is 13.3 Å². The monoisotopic (exact) mass is 256 g/mol. The van der Waals surface area contributed by atoms with Crippen molar-refractivity contribution in [3.63, 3.8) is 0 Å². The van der Waals surface area contributed by atoms with E-state index in [1.807, 2.05) is 0 Å². The molecular formula is C13H24N2O3. The third-order valence-corrected chi connectivity index (χ3v) is 3.97. The second-order valence-corrected chi connectivity index (χ2v) is 5.20. The average molecular weight is 256 g/mol. The Hall–Kier alpha value is -1.26. The molecule has 1 aliphatic rings. The highest BCUT2D eigenvalue weighted by Crippen LogP contribution is 2.28. The first kappa shape index (κ1) is 14.8. The summed E-state index contributed by atoms with van der Waals surface area (Å²) in [7, 11) is 1.75. The minimum absolute atomic E-state index is 0.244. The Bertz CT molecular complexity index is 299. The van der Waals surface area contributed by atoms with E-state index in [2.05, 4.69) is 12.2 Å². The van der Waals surface area contributed by atoms with Gasteiger partial charge in [-0.25, -0.2) is 4.79 Å². The number of urea groups is 1. The van der Waals surface area contributed by atoms with Gasteiger partial charge >= 0.3 is 12.0 Å². The van der Waals surface area contributed by atoms with Crippen LogP contribution in [0.5, 0.6) is 0 Å². The van der Waals surface area contributed by atoms with Gasteiger partial charge in [0.05, 0.1) is 0 Å². The number of carboxylic acids is 1. The maximum absolute atomic E-state index is 11.9. The van der Waals surface area contributed by atoms with Gasteiger partial charge in [0.1, 0.15) is 6.04 Å². The van der Waals surface area contributed by atoms with E-state index in [1.54, 1.807) is 11.9 Å². The average Bonchev–Trinajstić information content (AvgIpc) is 2.37. The predicted octanol–water partition coefficient (Wildman–Crippen LogP) is 2.07. The lowest BCUT2D eigenvalue weighted by Crippen LogP contribution is -2.49. The summed E-state index contributed by atoms with van der Waals surface area (Å²) in [5.74, 6) is -0.220. The number of carbonyl (C=O) groups is 2. The Morgan fingerprint density at radius 3 is 2.33 bits per heavy atom. The van der Waals surface area contributed by atoms with Crippen molar-refractivity contribution in [2.45, 2.75) is 58.0 Å². The molecule has 0 aromatic carbocycles. The molecule has 0 aliphatic heterocycles. The number of amides is 2. The van der Waals surface area contributed by atoms with Gasteiger partial charge in [-0.3, -0.25) is 4.79 Å². The molecule has 0 radical (unpaired) electrons. The first-order chi connectivity index (χ1) is 8.45.